The van der Waals surface area contributed by atoms with Crippen LogP contribution in [-0.4, -0.2) is 63.4 Å². The van der Waals surface area contributed by atoms with E-state index in [-0.39, 0.29) is 5.54 Å². The van der Waals surface area contributed by atoms with E-state index in [1.54, 1.807) is 7.11 Å². The van der Waals surface area contributed by atoms with Crippen LogP contribution in [0.5, 0.6) is 5.75 Å². The van der Waals surface area contributed by atoms with Gasteiger partial charge in [-0.05, 0) is 30.5 Å². The number of hydrogen-bond donors (Lipinski definition) is 2. The van der Waals surface area contributed by atoms with Gasteiger partial charge in [0.1, 0.15) is 5.75 Å². The highest BCUT2D eigenvalue weighted by Crippen LogP contribution is 2.33. The summed E-state index contributed by atoms with van der Waals surface area (Å²) in [6.07, 6.45) is 6.51. The minimum atomic E-state index is 0.236. The molecule has 1 aromatic carbocycles. The first-order valence-electron chi connectivity index (χ1n) is 10.2. The van der Waals surface area contributed by atoms with Crippen LogP contribution in [0.3, 0.4) is 0 Å². The van der Waals surface area contributed by atoms with Crippen molar-refractivity contribution in [2.24, 2.45) is 4.99 Å². The van der Waals surface area contributed by atoms with Crippen molar-refractivity contribution in [1.29, 1.82) is 0 Å². The predicted octanol–water partition coefficient (Wildman–Crippen LogP) is 2.40. The van der Waals surface area contributed by atoms with Gasteiger partial charge in [0.05, 0.1) is 20.3 Å². The van der Waals surface area contributed by atoms with E-state index in [2.05, 4.69) is 32.7 Å². The zero-order chi connectivity index (χ0) is 19.0. The molecular formula is C21H34N4O2. The number of morpholine rings is 1. The molecule has 3 rings (SSSR count). The lowest BCUT2D eigenvalue weighted by Crippen LogP contribution is -2.60. The molecule has 0 atom stereocenters. The molecule has 0 bridgehead atoms. The van der Waals surface area contributed by atoms with Crippen molar-refractivity contribution in [1.82, 2.24) is 15.5 Å². The van der Waals surface area contributed by atoms with Crippen molar-refractivity contribution < 1.29 is 9.47 Å². The Morgan fingerprint density at radius 2 is 1.81 bits per heavy atom. The lowest BCUT2D eigenvalue weighted by Gasteiger charge is -2.48. The summed E-state index contributed by atoms with van der Waals surface area (Å²) >= 11 is 0. The summed E-state index contributed by atoms with van der Waals surface area (Å²) in [4.78, 5) is 7.08. The SMILES string of the molecule is CN=C(NCc1ccc(OC)cc1)NCC1(N2CCOCC2)CCCCC1. The van der Waals surface area contributed by atoms with Crippen molar-refractivity contribution in [2.75, 3.05) is 47.0 Å². The van der Waals surface area contributed by atoms with E-state index in [0.717, 1.165) is 51.1 Å². The first kappa shape index (κ1) is 20.0. The van der Waals surface area contributed by atoms with Crippen LogP contribution in [0.1, 0.15) is 37.7 Å². The van der Waals surface area contributed by atoms with Crippen molar-refractivity contribution >= 4 is 5.96 Å². The molecule has 1 saturated heterocycles. The van der Waals surface area contributed by atoms with Crippen LogP contribution in [0.25, 0.3) is 0 Å². The molecule has 0 unspecified atom stereocenters. The van der Waals surface area contributed by atoms with Crippen LogP contribution >= 0.6 is 0 Å². The number of rotatable bonds is 6. The maximum absolute atomic E-state index is 5.58. The molecule has 2 fully saturated rings. The fourth-order valence-electron chi connectivity index (χ4n) is 4.25. The molecule has 2 N–H and O–H groups in total. The normalized spacial score (nSPS) is 20.9. The first-order valence-corrected chi connectivity index (χ1v) is 10.2. The quantitative estimate of drug-likeness (QED) is 0.591. The monoisotopic (exact) mass is 374 g/mol. The minimum Gasteiger partial charge on any atom is -0.497 e. The van der Waals surface area contributed by atoms with Gasteiger partial charge in [-0.3, -0.25) is 9.89 Å². The fraction of sp³-hybridized carbons (Fsp3) is 0.667. The molecular weight excluding hydrogens is 340 g/mol. The second-order valence-corrected chi connectivity index (χ2v) is 7.51. The van der Waals surface area contributed by atoms with Crippen molar-refractivity contribution in [3.8, 4) is 5.75 Å². The summed E-state index contributed by atoms with van der Waals surface area (Å²) in [5, 5.41) is 7.04. The summed E-state index contributed by atoms with van der Waals surface area (Å²) in [6, 6.07) is 8.14. The van der Waals surface area contributed by atoms with Crippen LogP contribution < -0.4 is 15.4 Å². The molecule has 0 aromatic heterocycles. The molecule has 1 aliphatic carbocycles. The van der Waals surface area contributed by atoms with Gasteiger partial charge in [0.2, 0.25) is 0 Å². The third-order valence-corrected chi connectivity index (χ3v) is 5.89. The summed E-state index contributed by atoms with van der Waals surface area (Å²) in [5.41, 5.74) is 1.44. The number of nitrogens with one attached hydrogen (secondary N) is 2. The standard InChI is InChI=1S/C21H34N4O2/c1-22-20(23-16-18-6-8-19(26-2)9-7-18)24-17-21(10-4-3-5-11-21)25-12-14-27-15-13-25/h6-9H,3-5,10-17H2,1-2H3,(H2,22,23,24). The van der Waals surface area contributed by atoms with E-state index in [0.29, 0.717) is 0 Å². The molecule has 1 aromatic rings. The highest BCUT2D eigenvalue weighted by molar-refractivity contribution is 5.79. The van der Waals surface area contributed by atoms with Crippen molar-refractivity contribution in [2.45, 2.75) is 44.2 Å². The van der Waals surface area contributed by atoms with E-state index in [1.165, 1.54) is 37.7 Å². The molecule has 1 aliphatic heterocycles. The van der Waals surface area contributed by atoms with Crippen LogP contribution in [0.4, 0.5) is 0 Å². The van der Waals surface area contributed by atoms with Gasteiger partial charge in [0.15, 0.2) is 5.96 Å². The van der Waals surface area contributed by atoms with Gasteiger partial charge < -0.3 is 20.1 Å². The van der Waals surface area contributed by atoms with E-state index in [1.807, 2.05) is 19.2 Å². The zero-order valence-corrected chi connectivity index (χ0v) is 16.8. The molecule has 0 radical (unpaired) electrons. The highest BCUT2D eigenvalue weighted by atomic mass is 16.5. The maximum Gasteiger partial charge on any atom is 0.191 e. The molecule has 1 saturated carbocycles. The second kappa shape index (κ2) is 9.95. The van der Waals surface area contributed by atoms with Gasteiger partial charge in [-0.25, -0.2) is 0 Å². The predicted molar refractivity (Wildman–Crippen MR) is 109 cm³/mol. The van der Waals surface area contributed by atoms with E-state index < -0.39 is 0 Å². The highest BCUT2D eigenvalue weighted by Gasteiger charge is 2.38. The smallest absolute Gasteiger partial charge is 0.191 e. The first-order chi connectivity index (χ1) is 13.3. The lowest BCUT2D eigenvalue weighted by molar-refractivity contribution is -0.0352. The summed E-state index contributed by atoms with van der Waals surface area (Å²) < 4.78 is 10.8. The van der Waals surface area contributed by atoms with Crippen LogP contribution in [0.15, 0.2) is 29.3 Å². The van der Waals surface area contributed by atoms with E-state index in [9.17, 15) is 0 Å². The van der Waals surface area contributed by atoms with Crippen LogP contribution in [0.2, 0.25) is 0 Å². The van der Waals surface area contributed by atoms with Gasteiger partial charge >= 0.3 is 0 Å². The number of aliphatic imine (C=N–C) groups is 1. The molecule has 0 amide bonds. The Morgan fingerprint density at radius 1 is 1.11 bits per heavy atom. The van der Waals surface area contributed by atoms with Crippen molar-refractivity contribution in [3.63, 3.8) is 0 Å². The lowest BCUT2D eigenvalue weighted by atomic mass is 9.80. The Morgan fingerprint density at radius 3 is 2.44 bits per heavy atom. The number of nitrogens with zero attached hydrogens (tertiary/aromatic N) is 2. The van der Waals surface area contributed by atoms with Crippen LogP contribution in [0, 0.1) is 0 Å². The molecule has 0 spiro atoms. The average Bonchev–Trinajstić information content (AvgIpc) is 2.75. The van der Waals surface area contributed by atoms with Gasteiger partial charge in [-0.1, -0.05) is 31.4 Å². The van der Waals surface area contributed by atoms with Crippen molar-refractivity contribution in [3.05, 3.63) is 29.8 Å². The third kappa shape index (κ3) is 5.36. The Bertz CT molecular complexity index is 591. The minimum absolute atomic E-state index is 0.236. The Balaban J connectivity index is 1.55. The molecule has 6 nitrogen and oxygen atoms in total. The summed E-state index contributed by atoms with van der Waals surface area (Å²) in [7, 11) is 3.53. The van der Waals surface area contributed by atoms with Gasteiger partial charge in [0.25, 0.3) is 0 Å². The van der Waals surface area contributed by atoms with E-state index in [4.69, 9.17) is 9.47 Å². The number of hydrogen-bond acceptors (Lipinski definition) is 4. The molecule has 2 aliphatic rings. The Labute approximate surface area is 163 Å². The molecule has 1 heterocycles. The topological polar surface area (TPSA) is 58.1 Å². The number of guanidine groups is 1. The van der Waals surface area contributed by atoms with Gasteiger partial charge in [-0.15, -0.1) is 0 Å². The zero-order valence-electron chi connectivity index (χ0n) is 16.8. The molecule has 6 heteroatoms. The molecule has 27 heavy (non-hydrogen) atoms. The Kier molecular flexibility index (Phi) is 7.35. The summed E-state index contributed by atoms with van der Waals surface area (Å²) in [5.74, 6) is 1.75. The average molecular weight is 375 g/mol. The maximum atomic E-state index is 5.58. The van der Waals surface area contributed by atoms with Crippen LogP contribution in [-0.2, 0) is 11.3 Å². The van der Waals surface area contributed by atoms with Gasteiger partial charge in [-0.2, -0.15) is 0 Å². The molecule has 150 valence electrons. The summed E-state index contributed by atoms with van der Waals surface area (Å²) in [6.45, 7) is 5.47. The third-order valence-electron chi connectivity index (χ3n) is 5.89. The fourth-order valence-corrected chi connectivity index (χ4v) is 4.25. The number of ether oxygens (including phenoxy) is 2. The van der Waals surface area contributed by atoms with Gasteiger partial charge in [0, 0.05) is 38.8 Å². The second-order valence-electron chi connectivity index (χ2n) is 7.51. The largest absolute Gasteiger partial charge is 0.497 e. The number of benzene rings is 1. The number of methoxy groups -OCH3 is 1. The Hall–Kier alpha value is -1.79. The van der Waals surface area contributed by atoms with E-state index >= 15 is 0 Å².